The van der Waals surface area contributed by atoms with Gasteiger partial charge in [0, 0.05) is 11.5 Å². The third kappa shape index (κ3) is 5.67. The quantitative estimate of drug-likeness (QED) is 0.222. The number of hydrogen-bond acceptors (Lipinski definition) is 1. The molecule has 0 amide bonds. The van der Waals surface area contributed by atoms with Crippen molar-refractivity contribution in [3.63, 3.8) is 0 Å². The average Bonchev–Trinajstić information content (AvgIpc) is 2.85. The van der Waals surface area contributed by atoms with Crippen LogP contribution in [0.4, 0.5) is 0 Å². The van der Waals surface area contributed by atoms with Crippen LogP contribution in [0.5, 0.6) is 0 Å². The van der Waals surface area contributed by atoms with Crippen LogP contribution >= 0.6 is 0 Å². The molecule has 152 valence electrons. The van der Waals surface area contributed by atoms with Gasteiger partial charge in [0.2, 0.25) is 0 Å². The van der Waals surface area contributed by atoms with E-state index >= 15 is 0 Å². The summed E-state index contributed by atoms with van der Waals surface area (Å²) in [6, 6.07) is 40.7. The molecular weight excluding hydrogens is 376 g/mol. The minimum Gasteiger partial charge on any atom is -0.294 e. The lowest BCUT2D eigenvalue weighted by molar-refractivity contribution is 0.0921. The molecule has 0 heterocycles. The predicted octanol–water partition coefficient (Wildman–Crippen LogP) is 7.36. The Morgan fingerprint density at radius 2 is 1.10 bits per heavy atom. The monoisotopic (exact) mass is 402 g/mol. The second-order valence-electron chi connectivity index (χ2n) is 7.77. The van der Waals surface area contributed by atoms with Gasteiger partial charge >= 0.3 is 0 Å². The molecule has 0 spiro atoms. The summed E-state index contributed by atoms with van der Waals surface area (Å²) in [6.07, 6.45) is 3.61. The molecule has 1 unspecified atom stereocenters. The summed E-state index contributed by atoms with van der Waals surface area (Å²) in [4.78, 5) is 13.5. The van der Waals surface area contributed by atoms with Gasteiger partial charge in [-0.05, 0) is 35.1 Å². The zero-order chi connectivity index (χ0) is 21.3. The van der Waals surface area contributed by atoms with Crippen LogP contribution < -0.4 is 0 Å². The molecule has 0 aromatic heterocycles. The van der Waals surface area contributed by atoms with Crippen LogP contribution in [-0.2, 0) is 6.42 Å². The Labute approximate surface area is 184 Å². The summed E-state index contributed by atoms with van der Waals surface area (Å²) in [5.41, 5.74) is 5.44. The number of benzene rings is 4. The molecule has 0 N–H and O–H groups in total. The average molecular weight is 403 g/mol. The van der Waals surface area contributed by atoms with Gasteiger partial charge in [-0.15, -0.1) is 0 Å². The van der Waals surface area contributed by atoms with Gasteiger partial charge in [-0.3, -0.25) is 4.79 Å². The normalized spacial score (nSPS) is 12.3. The van der Waals surface area contributed by atoms with E-state index in [1.807, 2.05) is 72.8 Å². The van der Waals surface area contributed by atoms with E-state index in [0.29, 0.717) is 12.8 Å². The first-order valence-corrected chi connectivity index (χ1v) is 10.7. The van der Waals surface area contributed by atoms with Crippen molar-refractivity contribution in [2.24, 2.45) is 5.92 Å². The van der Waals surface area contributed by atoms with E-state index in [4.69, 9.17) is 0 Å². The molecule has 1 heteroatoms. The Kier molecular flexibility index (Phi) is 6.87. The van der Waals surface area contributed by atoms with Crippen LogP contribution in [0.25, 0.3) is 11.6 Å². The maximum atomic E-state index is 13.5. The van der Waals surface area contributed by atoms with E-state index in [1.165, 1.54) is 11.1 Å². The number of carbonyl (C=O) groups is 1. The van der Waals surface area contributed by atoms with Crippen molar-refractivity contribution in [1.29, 1.82) is 0 Å². The molecule has 0 saturated carbocycles. The highest BCUT2D eigenvalue weighted by atomic mass is 16.1. The molecule has 0 bridgehead atoms. The van der Waals surface area contributed by atoms with Gasteiger partial charge in [-0.25, -0.2) is 0 Å². The zero-order valence-corrected chi connectivity index (χ0v) is 17.5. The number of carbonyl (C=O) groups excluding carboxylic acids is 1. The van der Waals surface area contributed by atoms with Gasteiger partial charge in [0.15, 0.2) is 5.78 Å². The molecule has 31 heavy (non-hydrogen) atoms. The zero-order valence-electron chi connectivity index (χ0n) is 17.5. The van der Waals surface area contributed by atoms with Crippen molar-refractivity contribution < 1.29 is 4.79 Å². The van der Waals surface area contributed by atoms with E-state index in [0.717, 1.165) is 16.7 Å². The Balaban J connectivity index is 1.71. The van der Waals surface area contributed by atoms with Crippen molar-refractivity contribution in [3.8, 4) is 0 Å². The minimum absolute atomic E-state index is 0.139. The van der Waals surface area contributed by atoms with Gasteiger partial charge in [-0.1, -0.05) is 127 Å². The van der Waals surface area contributed by atoms with E-state index < -0.39 is 0 Å². The number of rotatable bonds is 8. The van der Waals surface area contributed by atoms with Crippen molar-refractivity contribution in [2.75, 3.05) is 0 Å². The van der Waals surface area contributed by atoms with Gasteiger partial charge in [0.25, 0.3) is 0 Å². The summed E-state index contributed by atoms with van der Waals surface area (Å²) in [5.74, 6) is 0.0549. The summed E-state index contributed by atoms with van der Waals surface area (Å²) in [7, 11) is 0. The highest BCUT2D eigenvalue weighted by Crippen LogP contribution is 2.29. The van der Waals surface area contributed by atoms with Gasteiger partial charge in [-0.2, -0.15) is 0 Å². The standard InChI is InChI=1S/C30H26O/c31-30(27-19-11-4-12-20-27)29(22-25-15-7-2-8-16-25)23-28(26-17-9-3-10-18-26)21-24-13-5-1-6-14-24/h1-21,29H,22-23H2/b28-21-. The number of ketones is 1. The van der Waals surface area contributed by atoms with E-state index in [2.05, 4.69) is 54.6 Å². The molecule has 4 aromatic rings. The van der Waals surface area contributed by atoms with Crippen LogP contribution in [0, 0.1) is 5.92 Å². The molecule has 1 atom stereocenters. The van der Waals surface area contributed by atoms with Gasteiger partial charge in [0.05, 0.1) is 0 Å². The lowest BCUT2D eigenvalue weighted by Crippen LogP contribution is -2.18. The highest BCUT2D eigenvalue weighted by molar-refractivity contribution is 5.99. The third-order valence-corrected chi connectivity index (χ3v) is 5.51. The molecule has 4 aromatic carbocycles. The van der Waals surface area contributed by atoms with Crippen LogP contribution in [0.1, 0.15) is 33.5 Å². The molecule has 0 aliphatic carbocycles. The number of allylic oxidation sites excluding steroid dienone is 1. The molecule has 0 aliphatic rings. The fourth-order valence-electron chi connectivity index (χ4n) is 3.92. The van der Waals surface area contributed by atoms with E-state index in [9.17, 15) is 4.79 Å². The fraction of sp³-hybridized carbons (Fsp3) is 0.100. The highest BCUT2D eigenvalue weighted by Gasteiger charge is 2.22. The summed E-state index contributed by atoms with van der Waals surface area (Å²) >= 11 is 0. The van der Waals surface area contributed by atoms with Crippen LogP contribution in [0.15, 0.2) is 121 Å². The van der Waals surface area contributed by atoms with Crippen molar-refractivity contribution >= 4 is 17.4 Å². The molecule has 1 nitrogen and oxygen atoms in total. The summed E-state index contributed by atoms with van der Waals surface area (Å²) in [5, 5.41) is 0. The maximum absolute atomic E-state index is 13.5. The third-order valence-electron chi connectivity index (χ3n) is 5.51. The van der Waals surface area contributed by atoms with E-state index in [1.54, 1.807) is 0 Å². The Bertz CT molecular complexity index is 1110. The molecule has 0 radical (unpaired) electrons. The smallest absolute Gasteiger partial charge is 0.166 e. The number of Topliss-reactive ketones (excluding diaryl/α,β-unsaturated/α-hetero) is 1. The fourth-order valence-corrected chi connectivity index (χ4v) is 3.92. The van der Waals surface area contributed by atoms with Crippen LogP contribution in [-0.4, -0.2) is 5.78 Å². The lowest BCUT2D eigenvalue weighted by Gasteiger charge is -2.19. The van der Waals surface area contributed by atoms with Crippen molar-refractivity contribution in [2.45, 2.75) is 12.8 Å². The van der Waals surface area contributed by atoms with Crippen molar-refractivity contribution in [3.05, 3.63) is 144 Å². The second kappa shape index (κ2) is 10.4. The predicted molar refractivity (Wildman–Crippen MR) is 130 cm³/mol. The summed E-state index contributed by atoms with van der Waals surface area (Å²) < 4.78 is 0. The molecule has 0 fully saturated rings. The first-order chi connectivity index (χ1) is 15.3. The lowest BCUT2D eigenvalue weighted by atomic mass is 9.84. The summed E-state index contributed by atoms with van der Waals surface area (Å²) in [6.45, 7) is 0. The molecule has 4 rings (SSSR count). The van der Waals surface area contributed by atoms with Gasteiger partial charge < -0.3 is 0 Å². The number of hydrogen-bond donors (Lipinski definition) is 0. The Hall–Kier alpha value is -3.71. The minimum atomic E-state index is -0.139. The van der Waals surface area contributed by atoms with Crippen molar-refractivity contribution in [1.82, 2.24) is 0 Å². The first kappa shape index (κ1) is 20.6. The molecule has 0 aliphatic heterocycles. The maximum Gasteiger partial charge on any atom is 0.166 e. The molecule has 0 saturated heterocycles. The van der Waals surface area contributed by atoms with Crippen LogP contribution in [0.3, 0.4) is 0 Å². The Morgan fingerprint density at radius 1 is 0.613 bits per heavy atom. The second-order valence-corrected chi connectivity index (χ2v) is 7.77. The first-order valence-electron chi connectivity index (χ1n) is 10.7. The molecular formula is C30H26O. The van der Waals surface area contributed by atoms with Gasteiger partial charge in [0.1, 0.15) is 0 Å². The topological polar surface area (TPSA) is 17.1 Å². The van der Waals surface area contributed by atoms with E-state index in [-0.39, 0.29) is 11.7 Å². The SMILES string of the molecule is O=C(c1ccccc1)C(C/C(=C/c1ccccc1)c1ccccc1)Cc1ccccc1. The largest absolute Gasteiger partial charge is 0.294 e. The Morgan fingerprint density at radius 3 is 1.68 bits per heavy atom. The van der Waals surface area contributed by atoms with Crippen LogP contribution in [0.2, 0.25) is 0 Å².